The summed E-state index contributed by atoms with van der Waals surface area (Å²) in [6, 6.07) is 3.76. The predicted molar refractivity (Wildman–Crippen MR) is 145 cm³/mol. The van der Waals surface area contributed by atoms with Gasteiger partial charge in [0, 0.05) is 32.3 Å². The molecule has 0 radical (unpaired) electrons. The van der Waals surface area contributed by atoms with Crippen LogP contribution in [0, 0.1) is 6.92 Å². The van der Waals surface area contributed by atoms with Gasteiger partial charge in [-0.25, -0.2) is 4.98 Å². The predicted octanol–water partition coefficient (Wildman–Crippen LogP) is 4.48. The van der Waals surface area contributed by atoms with E-state index in [1.165, 1.54) is 16.2 Å². The molecule has 0 spiro atoms. The van der Waals surface area contributed by atoms with Gasteiger partial charge in [0.25, 0.3) is 11.5 Å². The number of aryl methyl sites for hydroxylation is 1. The fourth-order valence-electron chi connectivity index (χ4n) is 4.02. The summed E-state index contributed by atoms with van der Waals surface area (Å²) in [4.78, 5) is 46.4. The molecule has 3 heterocycles. The molecule has 0 atom stereocenters. The van der Waals surface area contributed by atoms with E-state index in [0.29, 0.717) is 52.1 Å². The first-order valence-corrected chi connectivity index (χ1v) is 13.2. The number of thioether (sulfide) groups is 1. The first-order chi connectivity index (χ1) is 16.8. The molecule has 10 heteroatoms. The third-order valence-corrected chi connectivity index (χ3v) is 7.07. The largest absolute Gasteiger partial charge is 0.481 e. The van der Waals surface area contributed by atoms with E-state index in [9.17, 15) is 14.4 Å². The lowest BCUT2D eigenvalue weighted by Gasteiger charge is -2.24. The number of carboxylic acid groups (broad SMARTS) is 1. The second kappa shape index (κ2) is 12.3. The summed E-state index contributed by atoms with van der Waals surface area (Å²) in [5, 5.41) is 8.78. The molecule has 188 valence electrons. The quantitative estimate of drug-likeness (QED) is 0.251. The van der Waals surface area contributed by atoms with Gasteiger partial charge in [0.15, 0.2) is 0 Å². The van der Waals surface area contributed by atoms with E-state index >= 15 is 0 Å². The van der Waals surface area contributed by atoms with Crippen LogP contribution in [0.2, 0.25) is 0 Å². The van der Waals surface area contributed by atoms with Crippen LogP contribution in [0.25, 0.3) is 11.7 Å². The molecular weight excluding hydrogens is 484 g/mol. The van der Waals surface area contributed by atoms with Crippen molar-refractivity contribution in [1.82, 2.24) is 14.3 Å². The van der Waals surface area contributed by atoms with E-state index in [2.05, 4.69) is 18.7 Å². The Morgan fingerprint density at radius 3 is 2.54 bits per heavy atom. The van der Waals surface area contributed by atoms with E-state index in [1.54, 1.807) is 17.2 Å². The van der Waals surface area contributed by atoms with E-state index in [4.69, 9.17) is 22.3 Å². The summed E-state index contributed by atoms with van der Waals surface area (Å²) in [6.45, 7) is 8.02. The Labute approximate surface area is 215 Å². The lowest BCUT2D eigenvalue weighted by Crippen LogP contribution is -2.31. The van der Waals surface area contributed by atoms with Gasteiger partial charge in [-0.2, -0.15) is 0 Å². The average molecular weight is 517 g/mol. The number of hydrogen-bond acceptors (Lipinski definition) is 7. The number of rotatable bonds is 12. The Morgan fingerprint density at radius 2 is 1.89 bits per heavy atom. The summed E-state index contributed by atoms with van der Waals surface area (Å²) < 4.78 is 1.98. The van der Waals surface area contributed by atoms with Crippen molar-refractivity contribution in [2.45, 2.75) is 59.3 Å². The number of pyridine rings is 1. The van der Waals surface area contributed by atoms with Crippen LogP contribution in [-0.2, 0) is 9.59 Å². The van der Waals surface area contributed by atoms with E-state index in [-0.39, 0.29) is 17.9 Å². The molecule has 0 unspecified atom stereocenters. The summed E-state index contributed by atoms with van der Waals surface area (Å²) in [5.74, 6) is -0.461. The maximum Gasteiger partial charge on any atom is 0.303 e. The summed E-state index contributed by atoms with van der Waals surface area (Å²) >= 11 is 6.64. The van der Waals surface area contributed by atoms with Gasteiger partial charge in [-0.05, 0) is 50.3 Å². The van der Waals surface area contributed by atoms with Crippen LogP contribution in [-0.4, -0.2) is 55.2 Å². The van der Waals surface area contributed by atoms with E-state index in [0.717, 1.165) is 31.5 Å². The highest BCUT2D eigenvalue weighted by atomic mass is 32.2. The molecule has 0 aromatic carbocycles. The molecule has 0 bridgehead atoms. The molecule has 1 amide bonds. The summed E-state index contributed by atoms with van der Waals surface area (Å²) in [7, 11) is 0. The maximum atomic E-state index is 13.6. The Balaban J connectivity index is 1.97. The molecule has 1 fully saturated rings. The molecule has 3 rings (SSSR count). The minimum Gasteiger partial charge on any atom is -0.481 e. The smallest absolute Gasteiger partial charge is 0.303 e. The number of thiocarbonyl (C=S) groups is 1. The number of aromatic nitrogens is 2. The van der Waals surface area contributed by atoms with E-state index in [1.807, 2.05) is 19.1 Å². The number of carbonyl (C=O) groups excluding carboxylic acids is 1. The van der Waals surface area contributed by atoms with Crippen LogP contribution in [0.5, 0.6) is 0 Å². The molecule has 2 aromatic rings. The third kappa shape index (κ3) is 6.49. The van der Waals surface area contributed by atoms with Gasteiger partial charge in [0.1, 0.15) is 15.8 Å². The maximum absolute atomic E-state index is 13.6. The van der Waals surface area contributed by atoms with Gasteiger partial charge in [-0.3, -0.25) is 23.7 Å². The fraction of sp³-hybridized carbons (Fsp3) is 0.480. The molecule has 0 aliphatic carbocycles. The molecular formula is C25H32N4O4S2. The third-order valence-electron chi connectivity index (χ3n) is 5.69. The highest BCUT2D eigenvalue weighted by molar-refractivity contribution is 8.26. The van der Waals surface area contributed by atoms with Crippen molar-refractivity contribution >= 4 is 57.7 Å². The highest BCUT2D eigenvalue weighted by Crippen LogP contribution is 2.34. The van der Waals surface area contributed by atoms with Crippen molar-refractivity contribution in [2.24, 2.45) is 0 Å². The van der Waals surface area contributed by atoms with Gasteiger partial charge in [-0.1, -0.05) is 50.3 Å². The number of carboxylic acids is 1. The number of fused-ring (bicyclic) bond motifs is 1. The van der Waals surface area contributed by atoms with Gasteiger partial charge < -0.3 is 10.0 Å². The monoisotopic (exact) mass is 516 g/mol. The number of anilines is 1. The number of hydrogen-bond donors (Lipinski definition) is 1. The van der Waals surface area contributed by atoms with Crippen molar-refractivity contribution in [3.05, 3.63) is 44.7 Å². The standard InChI is InChI=1S/C25H32N4O4S2/c1-4-12-27(13-5-2)22-18(23(32)29-16-17(3)10-11-20(29)26-22)15-19-24(33)28(25(34)35-19)14-8-6-7-9-21(30)31/h10-11,15-16H,4-9,12-14H2,1-3H3,(H,30,31). The van der Waals surface area contributed by atoms with Gasteiger partial charge in [-0.15, -0.1) is 0 Å². The molecule has 1 aliphatic heterocycles. The molecule has 1 aliphatic rings. The number of amides is 1. The molecule has 0 saturated carbocycles. The Kier molecular flexibility index (Phi) is 9.45. The lowest BCUT2D eigenvalue weighted by atomic mass is 10.2. The van der Waals surface area contributed by atoms with Crippen molar-refractivity contribution in [3.8, 4) is 0 Å². The molecule has 8 nitrogen and oxygen atoms in total. The second-order valence-electron chi connectivity index (χ2n) is 8.61. The van der Waals surface area contributed by atoms with Crippen LogP contribution in [0.1, 0.15) is 63.5 Å². The highest BCUT2D eigenvalue weighted by Gasteiger charge is 2.32. The molecule has 35 heavy (non-hydrogen) atoms. The first-order valence-electron chi connectivity index (χ1n) is 12.0. The number of nitrogens with zero attached hydrogens (tertiary/aromatic N) is 4. The topological polar surface area (TPSA) is 95.2 Å². The van der Waals surface area contributed by atoms with Gasteiger partial charge in [0.05, 0.1) is 10.5 Å². The van der Waals surface area contributed by atoms with Crippen molar-refractivity contribution in [1.29, 1.82) is 0 Å². The molecule has 2 aromatic heterocycles. The zero-order chi connectivity index (χ0) is 25.5. The van der Waals surface area contributed by atoms with E-state index < -0.39 is 5.97 Å². The second-order valence-corrected chi connectivity index (χ2v) is 10.3. The Morgan fingerprint density at radius 1 is 1.17 bits per heavy atom. The van der Waals surface area contributed by atoms with Crippen molar-refractivity contribution in [2.75, 3.05) is 24.5 Å². The lowest BCUT2D eigenvalue weighted by molar-refractivity contribution is -0.137. The molecule has 1 N–H and O–H groups in total. The minimum atomic E-state index is -0.819. The summed E-state index contributed by atoms with van der Waals surface area (Å²) in [5.41, 5.74) is 1.67. The zero-order valence-electron chi connectivity index (χ0n) is 20.5. The first kappa shape index (κ1) is 26.9. The Bertz CT molecular complexity index is 1200. The fourth-order valence-corrected chi connectivity index (χ4v) is 5.31. The summed E-state index contributed by atoms with van der Waals surface area (Å²) in [6.07, 6.45) is 7.25. The SMILES string of the molecule is CCCN(CCC)c1nc2ccc(C)cn2c(=O)c1C=C1SC(=S)N(CCCCCC(=O)O)C1=O. The van der Waals surface area contributed by atoms with Crippen LogP contribution in [0.3, 0.4) is 0 Å². The number of unbranched alkanes of at least 4 members (excludes halogenated alkanes) is 2. The van der Waals surface area contributed by atoms with Crippen LogP contribution in [0.4, 0.5) is 5.82 Å². The van der Waals surface area contributed by atoms with Gasteiger partial charge in [0.2, 0.25) is 0 Å². The average Bonchev–Trinajstić information content (AvgIpc) is 3.08. The minimum absolute atomic E-state index is 0.117. The van der Waals surface area contributed by atoms with Gasteiger partial charge >= 0.3 is 5.97 Å². The van der Waals surface area contributed by atoms with Crippen molar-refractivity contribution in [3.63, 3.8) is 0 Å². The number of aliphatic carboxylic acids is 1. The number of carbonyl (C=O) groups is 2. The van der Waals surface area contributed by atoms with Crippen LogP contribution in [0.15, 0.2) is 28.0 Å². The Hall–Kier alpha value is -2.72. The van der Waals surface area contributed by atoms with Crippen molar-refractivity contribution < 1.29 is 14.7 Å². The normalized spacial score (nSPS) is 14.9. The zero-order valence-corrected chi connectivity index (χ0v) is 22.1. The van der Waals surface area contributed by atoms with Crippen LogP contribution < -0.4 is 10.5 Å². The van der Waals surface area contributed by atoms with Crippen LogP contribution >= 0.6 is 24.0 Å². The molecule has 1 saturated heterocycles.